The van der Waals surface area contributed by atoms with E-state index in [4.69, 9.17) is 0 Å². The molecule has 0 spiro atoms. The number of nitrogens with one attached hydrogen (secondary N) is 2. The Balaban J connectivity index is 1.77. The third-order valence-corrected chi connectivity index (χ3v) is 2.94. The first-order valence-corrected chi connectivity index (χ1v) is 6.75. The van der Waals surface area contributed by atoms with Crippen LogP contribution in [-0.4, -0.2) is 22.4 Å². The molecule has 2 aromatic rings. The van der Waals surface area contributed by atoms with E-state index in [-0.39, 0.29) is 18.0 Å². The number of pyridine rings is 1. The molecule has 1 aromatic heterocycles. The number of hydrogen-bond acceptors (Lipinski definition) is 5. The molecule has 0 saturated carbocycles. The van der Waals surface area contributed by atoms with Gasteiger partial charge in [0.05, 0.1) is 4.92 Å². The number of nitrogens with zero attached hydrogens (tertiary/aromatic N) is 2. The van der Waals surface area contributed by atoms with Gasteiger partial charge in [-0.1, -0.05) is 6.07 Å². The van der Waals surface area contributed by atoms with E-state index in [9.17, 15) is 14.9 Å². The lowest BCUT2D eigenvalue weighted by molar-refractivity contribution is -0.384. The number of aromatic nitrogens is 1. The molecule has 0 unspecified atom stereocenters. The van der Waals surface area contributed by atoms with E-state index < -0.39 is 4.92 Å². The molecule has 2 rings (SSSR count). The number of benzene rings is 1. The second-order valence-electron chi connectivity index (χ2n) is 4.75. The van der Waals surface area contributed by atoms with Crippen molar-refractivity contribution >= 4 is 23.1 Å². The second-order valence-corrected chi connectivity index (χ2v) is 4.75. The molecular weight excluding hydrogens is 284 g/mol. The number of aryl methyl sites for hydroxylation is 1. The van der Waals surface area contributed by atoms with Crippen LogP contribution in [0.4, 0.5) is 17.2 Å². The summed E-state index contributed by atoms with van der Waals surface area (Å²) in [5.41, 5.74) is 1.79. The molecule has 1 heterocycles. The number of carbonyl (C=O) groups excluding carboxylic acids is 1. The predicted octanol–water partition coefficient (Wildman–Crippen LogP) is 2.74. The van der Waals surface area contributed by atoms with Gasteiger partial charge >= 0.3 is 0 Å². The highest BCUT2D eigenvalue weighted by Gasteiger charge is 2.05. The number of amides is 1. The molecule has 1 aromatic carbocycles. The molecule has 7 nitrogen and oxygen atoms in total. The minimum atomic E-state index is -0.453. The SMILES string of the molecule is Cc1ccc(NC(=O)CCNc2ccc([N+](=O)[O-])cc2)nc1. The summed E-state index contributed by atoms with van der Waals surface area (Å²) in [7, 11) is 0. The van der Waals surface area contributed by atoms with Gasteiger partial charge in [0.15, 0.2) is 0 Å². The van der Waals surface area contributed by atoms with E-state index in [2.05, 4.69) is 15.6 Å². The average Bonchev–Trinajstić information content (AvgIpc) is 2.50. The maximum absolute atomic E-state index is 11.8. The monoisotopic (exact) mass is 300 g/mol. The zero-order valence-corrected chi connectivity index (χ0v) is 12.1. The number of hydrogen-bond donors (Lipinski definition) is 2. The molecule has 0 aliphatic carbocycles. The van der Waals surface area contributed by atoms with E-state index in [1.807, 2.05) is 13.0 Å². The number of rotatable bonds is 6. The van der Waals surface area contributed by atoms with Gasteiger partial charge in [-0.25, -0.2) is 4.98 Å². The van der Waals surface area contributed by atoms with Crippen molar-refractivity contribution in [2.45, 2.75) is 13.3 Å². The first-order valence-electron chi connectivity index (χ1n) is 6.75. The van der Waals surface area contributed by atoms with Gasteiger partial charge in [0.2, 0.25) is 5.91 Å². The Morgan fingerprint density at radius 1 is 1.23 bits per heavy atom. The Kier molecular flexibility index (Phi) is 5.02. The lowest BCUT2D eigenvalue weighted by atomic mass is 10.2. The molecule has 22 heavy (non-hydrogen) atoms. The molecular formula is C15H16N4O3. The topological polar surface area (TPSA) is 97.2 Å². The van der Waals surface area contributed by atoms with E-state index in [0.717, 1.165) is 11.3 Å². The molecule has 0 saturated heterocycles. The van der Waals surface area contributed by atoms with Crippen molar-refractivity contribution in [3.63, 3.8) is 0 Å². The molecule has 0 fully saturated rings. The van der Waals surface area contributed by atoms with Crippen LogP contribution in [-0.2, 0) is 4.79 Å². The molecule has 0 aliphatic heterocycles. The molecule has 0 aliphatic rings. The minimum Gasteiger partial charge on any atom is -0.385 e. The van der Waals surface area contributed by atoms with Crippen molar-refractivity contribution in [2.24, 2.45) is 0 Å². The molecule has 0 radical (unpaired) electrons. The molecule has 0 atom stereocenters. The van der Waals surface area contributed by atoms with E-state index in [1.165, 1.54) is 12.1 Å². The normalized spacial score (nSPS) is 10.0. The van der Waals surface area contributed by atoms with Gasteiger partial charge in [0.25, 0.3) is 5.69 Å². The fourth-order valence-electron chi connectivity index (χ4n) is 1.77. The van der Waals surface area contributed by atoms with E-state index in [0.29, 0.717) is 12.4 Å². The first-order chi connectivity index (χ1) is 10.5. The standard InChI is InChI=1S/C15H16N4O3/c1-11-2-7-14(17-10-11)18-15(20)8-9-16-12-3-5-13(6-4-12)19(21)22/h2-7,10,16H,8-9H2,1H3,(H,17,18,20). The Morgan fingerprint density at radius 3 is 2.55 bits per heavy atom. The fraction of sp³-hybridized carbons (Fsp3) is 0.200. The van der Waals surface area contributed by atoms with Gasteiger partial charge < -0.3 is 10.6 Å². The van der Waals surface area contributed by atoms with Crippen molar-refractivity contribution in [2.75, 3.05) is 17.2 Å². The van der Waals surface area contributed by atoms with Gasteiger partial charge in [-0.15, -0.1) is 0 Å². The van der Waals surface area contributed by atoms with Crippen LogP contribution < -0.4 is 10.6 Å². The zero-order valence-electron chi connectivity index (χ0n) is 12.1. The van der Waals surface area contributed by atoms with Crippen molar-refractivity contribution in [3.05, 3.63) is 58.3 Å². The van der Waals surface area contributed by atoms with Gasteiger partial charge in [-0.2, -0.15) is 0 Å². The average molecular weight is 300 g/mol. The van der Waals surface area contributed by atoms with Crippen LogP contribution in [0.25, 0.3) is 0 Å². The second kappa shape index (κ2) is 7.16. The Hall–Kier alpha value is -2.96. The first kappa shape index (κ1) is 15.4. The number of anilines is 2. The lowest BCUT2D eigenvalue weighted by Crippen LogP contribution is -2.16. The summed E-state index contributed by atoms with van der Waals surface area (Å²) in [6.45, 7) is 2.35. The smallest absolute Gasteiger partial charge is 0.269 e. The summed E-state index contributed by atoms with van der Waals surface area (Å²) in [6.07, 6.45) is 1.96. The zero-order chi connectivity index (χ0) is 15.9. The highest BCUT2D eigenvalue weighted by molar-refractivity contribution is 5.90. The van der Waals surface area contributed by atoms with Crippen LogP contribution in [0.3, 0.4) is 0 Å². The number of non-ortho nitro benzene ring substituents is 1. The maximum Gasteiger partial charge on any atom is 0.269 e. The van der Waals surface area contributed by atoms with E-state index >= 15 is 0 Å². The molecule has 7 heteroatoms. The minimum absolute atomic E-state index is 0.0359. The summed E-state index contributed by atoms with van der Waals surface area (Å²) >= 11 is 0. The Morgan fingerprint density at radius 2 is 1.95 bits per heavy atom. The van der Waals surface area contributed by atoms with Crippen LogP contribution in [0.15, 0.2) is 42.6 Å². The Labute approximate surface area is 127 Å². The van der Waals surface area contributed by atoms with Crippen LogP contribution in [0.1, 0.15) is 12.0 Å². The number of carbonyl (C=O) groups is 1. The molecule has 114 valence electrons. The molecule has 2 N–H and O–H groups in total. The number of nitro groups is 1. The van der Waals surface area contributed by atoms with Crippen LogP contribution in [0.2, 0.25) is 0 Å². The summed E-state index contributed by atoms with van der Waals surface area (Å²) < 4.78 is 0. The van der Waals surface area contributed by atoms with E-state index in [1.54, 1.807) is 24.4 Å². The summed E-state index contributed by atoms with van der Waals surface area (Å²) in [4.78, 5) is 25.9. The largest absolute Gasteiger partial charge is 0.385 e. The highest BCUT2D eigenvalue weighted by atomic mass is 16.6. The maximum atomic E-state index is 11.8. The van der Waals surface area contributed by atoms with Crippen molar-refractivity contribution < 1.29 is 9.72 Å². The Bertz CT molecular complexity index is 653. The highest BCUT2D eigenvalue weighted by Crippen LogP contribution is 2.15. The van der Waals surface area contributed by atoms with Crippen molar-refractivity contribution in [1.82, 2.24) is 4.98 Å². The van der Waals surface area contributed by atoms with Gasteiger partial charge in [-0.05, 0) is 30.7 Å². The quantitative estimate of drug-likeness (QED) is 0.631. The fourth-order valence-corrected chi connectivity index (χ4v) is 1.77. The van der Waals surface area contributed by atoms with Gasteiger partial charge in [-0.3, -0.25) is 14.9 Å². The molecule has 0 bridgehead atoms. The lowest BCUT2D eigenvalue weighted by Gasteiger charge is -2.07. The van der Waals surface area contributed by atoms with Crippen LogP contribution >= 0.6 is 0 Å². The molecule has 1 amide bonds. The summed E-state index contributed by atoms with van der Waals surface area (Å²) in [6, 6.07) is 9.67. The van der Waals surface area contributed by atoms with Gasteiger partial charge in [0, 0.05) is 37.0 Å². The van der Waals surface area contributed by atoms with Crippen LogP contribution in [0.5, 0.6) is 0 Å². The predicted molar refractivity (Wildman–Crippen MR) is 83.8 cm³/mol. The van der Waals surface area contributed by atoms with Crippen molar-refractivity contribution in [3.8, 4) is 0 Å². The third kappa shape index (κ3) is 4.55. The van der Waals surface area contributed by atoms with Gasteiger partial charge in [0.1, 0.15) is 5.82 Å². The van der Waals surface area contributed by atoms with Crippen molar-refractivity contribution in [1.29, 1.82) is 0 Å². The summed E-state index contributed by atoms with van der Waals surface area (Å²) in [5, 5.41) is 16.3. The summed E-state index contributed by atoms with van der Waals surface area (Å²) in [5.74, 6) is 0.372. The van der Waals surface area contributed by atoms with Crippen LogP contribution in [0, 0.1) is 17.0 Å². The third-order valence-electron chi connectivity index (χ3n) is 2.94. The number of nitro benzene ring substituents is 1.